The van der Waals surface area contributed by atoms with Gasteiger partial charge in [0.15, 0.2) is 0 Å². The van der Waals surface area contributed by atoms with Gasteiger partial charge in [0.05, 0.1) is 12.2 Å². The first-order valence-electron chi connectivity index (χ1n) is 7.69. The molecular weight excluding hydrogens is 322 g/mol. The standard InChI is InChI=1S/C19H18ClN3O/c1-13-18(16-8-10-17(20)11-9-16)19(21-14(2)24)23(22-13)12-15-6-4-3-5-7-15/h3-11H,12H2,1-2H3,(H,21,24). The van der Waals surface area contributed by atoms with Gasteiger partial charge in [0.25, 0.3) is 0 Å². The number of carbonyl (C=O) groups is 1. The van der Waals surface area contributed by atoms with E-state index in [9.17, 15) is 4.79 Å². The summed E-state index contributed by atoms with van der Waals surface area (Å²) in [6.45, 7) is 4.03. The summed E-state index contributed by atoms with van der Waals surface area (Å²) < 4.78 is 1.83. The SMILES string of the molecule is CC(=O)Nc1c(-c2ccc(Cl)cc2)c(C)nn1Cc1ccccc1. The highest BCUT2D eigenvalue weighted by atomic mass is 35.5. The quantitative estimate of drug-likeness (QED) is 0.759. The van der Waals surface area contributed by atoms with E-state index in [-0.39, 0.29) is 5.91 Å². The molecular formula is C19H18ClN3O. The Morgan fingerprint density at radius 2 is 1.79 bits per heavy atom. The Morgan fingerprint density at radius 1 is 1.12 bits per heavy atom. The molecule has 1 aromatic heterocycles. The van der Waals surface area contributed by atoms with Gasteiger partial charge in [0.2, 0.25) is 5.91 Å². The second-order valence-electron chi connectivity index (χ2n) is 5.64. The predicted octanol–water partition coefficient (Wildman–Crippen LogP) is 4.52. The Morgan fingerprint density at radius 3 is 2.42 bits per heavy atom. The lowest BCUT2D eigenvalue weighted by Gasteiger charge is -2.10. The lowest BCUT2D eigenvalue weighted by Crippen LogP contribution is -2.13. The zero-order valence-corrected chi connectivity index (χ0v) is 14.3. The monoisotopic (exact) mass is 339 g/mol. The van der Waals surface area contributed by atoms with Crippen LogP contribution in [-0.4, -0.2) is 15.7 Å². The van der Waals surface area contributed by atoms with Gasteiger partial charge in [-0.3, -0.25) is 4.79 Å². The van der Waals surface area contributed by atoms with Gasteiger partial charge >= 0.3 is 0 Å². The molecule has 0 radical (unpaired) electrons. The van der Waals surface area contributed by atoms with Crippen LogP contribution in [-0.2, 0) is 11.3 Å². The van der Waals surface area contributed by atoms with Gasteiger partial charge in [-0.05, 0) is 30.2 Å². The molecule has 0 aliphatic heterocycles. The molecule has 0 saturated carbocycles. The largest absolute Gasteiger partial charge is 0.311 e. The van der Waals surface area contributed by atoms with Crippen molar-refractivity contribution in [3.05, 3.63) is 70.9 Å². The summed E-state index contributed by atoms with van der Waals surface area (Å²) in [5.41, 5.74) is 3.86. The van der Waals surface area contributed by atoms with E-state index in [2.05, 4.69) is 10.4 Å². The number of nitrogens with zero attached hydrogens (tertiary/aromatic N) is 2. The predicted molar refractivity (Wildman–Crippen MR) is 97.3 cm³/mol. The first kappa shape index (κ1) is 16.3. The fourth-order valence-electron chi connectivity index (χ4n) is 2.71. The second-order valence-corrected chi connectivity index (χ2v) is 6.08. The normalized spacial score (nSPS) is 10.6. The molecule has 1 amide bonds. The number of aryl methyl sites for hydroxylation is 1. The molecule has 3 aromatic rings. The van der Waals surface area contributed by atoms with Crippen LogP contribution in [0.2, 0.25) is 5.02 Å². The summed E-state index contributed by atoms with van der Waals surface area (Å²) >= 11 is 5.98. The zero-order chi connectivity index (χ0) is 17.1. The maximum Gasteiger partial charge on any atom is 0.222 e. The van der Waals surface area contributed by atoms with Gasteiger partial charge in [-0.1, -0.05) is 54.1 Å². The molecule has 0 saturated heterocycles. The third-order valence-corrected chi connectivity index (χ3v) is 3.98. The average Bonchev–Trinajstić information content (AvgIpc) is 2.84. The van der Waals surface area contributed by atoms with E-state index in [0.29, 0.717) is 17.4 Å². The van der Waals surface area contributed by atoms with Crippen LogP contribution < -0.4 is 5.32 Å². The van der Waals surface area contributed by atoms with Crippen LogP contribution in [0.4, 0.5) is 5.82 Å². The lowest BCUT2D eigenvalue weighted by atomic mass is 10.1. The highest BCUT2D eigenvalue weighted by Gasteiger charge is 2.18. The number of rotatable bonds is 4. The first-order valence-corrected chi connectivity index (χ1v) is 8.07. The third kappa shape index (κ3) is 3.49. The van der Waals surface area contributed by atoms with E-state index in [1.165, 1.54) is 6.92 Å². The van der Waals surface area contributed by atoms with Crippen LogP contribution in [0, 0.1) is 6.92 Å². The van der Waals surface area contributed by atoms with Crippen LogP contribution in [0.5, 0.6) is 0 Å². The Hall–Kier alpha value is -2.59. The topological polar surface area (TPSA) is 46.9 Å². The van der Waals surface area contributed by atoms with Gasteiger partial charge < -0.3 is 5.32 Å². The van der Waals surface area contributed by atoms with Crippen molar-refractivity contribution in [3.8, 4) is 11.1 Å². The summed E-state index contributed by atoms with van der Waals surface area (Å²) in [5.74, 6) is 0.575. The van der Waals surface area contributed by atoms with Crippen molar-refractivity contribution in [1.29, 1.82) is 0 Å². The number of halogens is 1. The molecule has 3 rings (SSSR count). The molecule has 0 atom stereocenters. The summed E-state index contributed by atoms with van der Waals surface area (Å²) in [6, 6.07) is 17.6. The Labute approximate surface area is 146 Å². The molecule has 1 N–H and O–H groups in total. The van der Waals surface area contributed by atoms with Gasteiger partial charge in [0, 0.05) is 17.5 Å². The Kier molecular flexibility index (Phi) is 4.67. The highest BCUT2D eigenvalue weighted by molar-refractivity contribution is 6.30. The van der Waals surface area contributed by atoms with E-state index >= 15 is 0 Å². The van der Waals surface area contributed by atoms with Crippen LogP contribution >= 0.6 is 11.6 Å². The maximum atomic E-state index is 11.7. The molecule has 0 aliphatic carbocycles. The van der Waals surface area contributed by atoms with Crippen LogP contribution in [0.25, 0.3) is 11.1 Å². The van der Waals surface area contributed by atoms with Gasteiger partial charge in [-0.15, -0.1) is 0 Å². The fourth-order valence-corrected chi connectivity index (χ4v) is 2.83. The molecule has 0 bridgehead atoms. The third-order valence-electron chi connectivity index (χ3n) is 3.73. The molecule has 0 spiro atoms. The number of hydrogen-bond acceptors (Lipinski definition) is 2. The van der Waals surface area contributed by atoms with E-state index in [1.807, 2.05) is 66.2 Å². The van der Waals surface area contributed by atoms with E-state index in [1.54, 1.807) is 0 Å². The van der Waals surface area contributed by atoms with E-state index < -0.39 is 0 Å². The molecule has 4 nitrogen and oxygen atoms in total. The van der Waals surface area contributed by atoms with Crippen LogP contribution in [0.1, 0.15) is 18.2 Å². The first-order chi connectivity index (χ1) is 11.5. The molecule has 0 fully saturated rings. The van der Waals surface area contributed by atoms with Crippen molar-refractivity contribution in [2.24, 2.45) is 0 Å². The average molecular weight is 340 g/mol. The van der Waals surface area contributed by atoms with E-state index in [4.69, 9.17) is 11.6 Å². The van der Waals surface area contributed by atoms with Crippen molar-refractivity contribution in [1.82, 2.24) is 9.78 Å². The molecule has 24 heavy (non-hydrogen) atoms. The van der Waals surface area contributed by atoms with Crippen LogP contribution in [0.15, 0.2) is 54.6 Å². The summed E-state index contributed by atoms with van der Waals surface area (Å²) in [5, 5.41) is 8.23. The molecule has 2 aromatic carbocycles. The summed E-state index contributed by atoms with van der Waals surface area (Å²) in [4.78, 5) is 11.7. The van der Waals surface area contributed by atoms with Crippen molar-refractivity contribution >= 4 is 23.3 Å². The van der Waals surface area contributed by atoms with Crippen molar-refractivity contribution in [2.75, 3.05) is 5.32 Å². The Bertz CT molecular complexity index is 854. The molecule has 0 aliphatic rings. The Balaban J connectivity index is 2.08. The number of anilines is 1. The lowest BCUT2D eigenvalue weighted by molar-refractivity contribution is -0.114. The molecule has 0 unspecified atom stereocenters. The van der Waals surface area contributed by atoms with Gasteiger partial charge in [0.1, 0.15) is 5.82 Å². The number of nitrogens with one attached hydrogen (secondary N) is 1. The second kappa shape index (κ2) is 6.89. The molecule has 122 valence electrons. The number of benzene rings is 2. The minimum atomic E-state index is -0.126. The smallest absolute Gasteiger partial charge is 0.222 e. The van der Waals surface area contributed by atoms with Gasteiger partial charge in [-0.25, -0.2) is 4.68 Å². The maximum absolute atomic E-state index is 11.7. The number of amides is 1. The van der Waals surface area contributed by atoms with Crippen molar-refractivity contribution in [3.63, 3.8) is 0 Å². The molecule has 1 heterocycles. The fraction of sp³-hybridized carbons (Fsp3) is 0.158. The highest BCUT2D eigenvalue weighted by Crippen LogP contribution is 2.32. The summed E-state index contributed by atoms with van der Waals surface area (Å²) in [6.07, 6.45) is 0. The van der Waals surface area contributed by atoms with Crippen molar-refractivity contribution < 1.29 is 4.79 Å². The summed E-state index contributed by atoms with van der Waals surface area (Å²) in [7, 11) is 0. The number of hydrogen-bond donors (Lipinski definition) is 1. The minimum Gasteiger partial charge on any atom is -0.311 e. The van der Waals surface area contributed by atoms with E-state index in [0.717, 1.165) is 22.4 Å². The number of carbonyl (C=O) groups excluding carboxylic acids is 1. The zero-order valence-electron chi connectivity index (χ0n) is 13.6. The number of aromatic nitrogens is 2. The van der Waals surface area contributed by atoms with Gasteiger partial charge in [-0.2, -0.15) is 5.10 Å². The molecule has 5 heteroatoms. The van der Waals surface area contributed by atoms with Crippen molar-refractivity contribution in [2.45, 2.75) is 20.4 Å². The minimum absolute atomic E-state index is 0.126. The van der Waals surface area contributed by atoms with Crippen LogP contribution in [0.3, 0.4) is 0 Å².